The summed E-state index contributed by atoms with van der Waals surface area (Å²) >= 11 is 3.24. The van der Waals surface area contributed by atoms with Crippen molar-refractivity contribution in [3.63, 3.8) is 0 Å². The second kappa shape index (κ2) is 5.06. The van der Waals surface area contributed by atoms with Crippen molar-refractivity contribution in [2.24, 2.45) is 5.92 Å². The van der Waals surface area contributed by atoms with Gasteiger partial charge in [0.25, 0.3) is 11.6 Å². The van der Waals surface area contributed by atoms with E-state index in [9.17, 15) is 14.9 Å². The number of carbonyl (C=O) groups excluding carboxylic acids is 1. The molecule has 0 aliphatic heterocycles. The van der Waals surface area contributed by atoms with Crippen LogP contribution in [-0.4, -0.2) is 16.9 Å². The number of benzene rings is 1. The smallest absolute Gasteiger partial charge is 0.270 e. The van der Waals surface area contributed by atoms with Crippen LogP contribution in [0.15, 0.2) is 22.7 Å². The molecule has 0 unspecified atom stereocenters. The molecule has 1 aromatic rings. The minimum Gasteiger partial charge on any atom is -0.349 e. The molecule has 1 aliphatic carbocycles. The van der Waals surface area contributed by atoms with Crippen LogP contribution >= 0.6 is 15.9 Å². The average Bonchev–Trinajstić information content (AvgIpc) is 2.27. The van der Waals surface area contributed by atoms with Gasteiger partial charge in [-0.1, -0.05) is 6.92 Å². The van der Waals surface area contributed by atoms with Crippen LogP contribution < -0.4 is 5.32 Å². The van der Waals surface area contributed by atoms with Crippen LogP contribution in [0.3, 0.4) is 0 Å². The van der Waals surface area contributed by atoms with Gasteiger partial charge in [0.15, 0.2) is 0 Å². The normalized spacial score (nSPS) is 22.1. The predicted molar refractivity (Wildman–Crippen MR) is 70.4 cm³/mol. The van der Waals surface area contributed by atoms with E-state index in [4.69, 9.17) is 0 Å². The first kappa shape index (κ1) is 13.0. The van der Waals surface area contributed by atoms with E-state index in [1.54, 1.807) is 0 Å². The van der Waals surface area contributed by atoms with E-state index >= 15 is 0 Å². The average molecular weight is 313 g/mol. The highest BCUT2D eigenvalue weighted by Crippen LogP contribution is 2.28. The summed E-state index contributed by atoms with van der Waals surface area (Å²) in [6.07, 6.45) is 1.94. The van der Waals surface area contributed by atoms with E-state index in [-0.39, 0.29) is 17.6 Å². The lowest BCUT2D eigenvalue weighted by Gasteiger charge is -2.33. The summed E-state index contributed by atoms with van der Waals surface area (Å²) in [7, 11) is 0. The number of nitro groups is 1. The molecule has 96 valence electrons. The number of hydrogen-bond acceptors (Lipinski definition) is 3. The van der Waals surface area contributed by atoms with Gasteiger partial charge in [0.1, 0.15) is 0 Å². The second-order valence-electron chi connectivity index (χ2n) is 4.67. The molecule has 2 rings (SSSR count). The van der Waals surface area contributed by atoms with Crippen molar-refractivity contribution in [3.05, 3.63) is 38.3 Å². The van der Waals surface area contributed by atoms with E-state index in [0.29, 0.717) is 16.0 Å². The quantitative estimate of drug-likeness (QED) is 0.689. The van der Waals surface area contributed by atoms with Gasteiger partial charge in [-0.25, -0.2) is 0 Å². The van der Waals surface area contributed by atoms with Crippen molar-refractivity contribution in [3.8, 4) is 0 Å². The molecule has 0 heterocycles. The summed E-state index contributed by atoms with van der Waals surface area (Å²) in [5.74, 6) is 0.381. The molecule has 1 aliphatic rings. The highest BCUT2D eigenvalue weighted by atomic mass is 79.9. The topological polar surface area (TPSA) is 72.2 Å². The zero-order valence-corrected chi connectivity index (χ0v) is 11.4. The monoisotopic (exact) mass is 312 g/mol. The maximum Gasteiger partial charge on any atom is 0.270 e. The molecule has 0 spiro atoms. The summed E-state index contributed by atoms with van der Waals surface area (Å²) in [6.45, 7) is 2.13. The zero-order chi connectivity index (χ0) is 13.3. The van der Waals surface area contributed by atoms with Crippen LogP contribution in [-0.2, 0) is 0 Å². The third kappa shape index (κ3) is 2.69. The fourth-order valence-corrected chi connectivity index (χ4v) is 2.51. The van der Waals surface area contributed by atoms with Crippen molar-refractivity contribution in [1.29, 1.82) is 0 Å². The van der Waals surface area contributed by atoms with Gasteiger partial charge in [0.05, 0.1) is 10.5 Å². The summed E-state index contributed by atoms with van der Waals surface area (Å²) in [4.78, 5) is 22.2. The molecular weight excluding hydrogens is 300 g/mol. The highest BCUT2D eigenvalue weighted by Gasteiger charge is 2.27. The standard InChI is InChI=1S/C12H13BrN2O3/c1-7-4-8(5-7)14-12(16)10-6-9(15(17)18)2-3-11(10)13/h2-3,6-8H,4-5H2,1H3,(H,14,16). The van der Waals surface area contributed by atoms with E-state index in [1.165, 1.54) is 18.2 Å². The number of non-ortho nitro benzene ring substituents is 1. The Kier molecular flexibility index (Phi) is 3.65. The van der Waals surface area contributed by atoms with Gasteiger partial charge in [0, 0.05) is 22.6 Å². The second-order valence-corrected chi connectivity index (χ2v) is 5.52. The Bertz CT molecular complexity index is 498. The molecule has 1 fully saturated rings. The van der Waals surface area contributed by atoms with Crippen LogP contribution in [0, 0.1) is 16.0 Å². The molecule has 0 saturated heterocycles. The van der Waals surface area contributed by atoms with Crippen molar-refractivity contribution in [2.45, 2.75) is 25.8 Å². The molecule has 0 bridgehead atoms. The minimum atomic E-state index is -0.505. The van der Waals surface area contributed by atoms with Crippen LogP contribution in [0.25, 0.3) is 0 Å². The van der Waals surface area contributed by atoms with Gasteiger partial charge in [-0.2, -0.15) is 0 Å². The van der Waals surface area contributed by atoms with E-state index in [1.807, 2.05) is 0 Å². The first-order valence-corrected chi connectivity index (χ1v) is 6.51. The molecule has 1 N–H and O–H groups in total. The lowest BCUT2D eigenvalue weighted by Crippen LogP contribution is -2.43. The molecule has 0 radical (unpaired) electrons. The van der Waals surface area contributed by atoms with Gasteiger partial charge in [-0.05, 0) is 40.8 Å². The third-order valence-corrected chi connectivity index (χ3v) is 3.81. The van der Waals surface area contributed by atoms with E-state index < -0.39 is 4.92 Å². The van der Waals surface area contributed by atoms with Crippen molar-refractivity contribution < 1.29 is 9.72 Å². The Morgan fingerprint density at radius 1 is 1.50 bits per heavy atom. The first-order chi connectivity index (χ1) is 8.47. The highest BCUT2D eigenvalue weighted by molar-refractivity contribution is 9.10. The number of nitrogens with zero attached hydrogens (tertiary/aromatic N) is 1. The molecular formula is C12H13BrN2O3. The Morgan fingerprint density at radius 2 is 2.17 bits per heavy atom. The SMILES string of the molecule is CC1CC(NC(=O)c2cc([N+](=O)[O-])ccc2Br)C1. The Hall–Kier alpha value is -1.43. The van der Waals surface area contributed by atoms with Gasteiger partial charge in [-0.3, -0.25) is 14.9 Å². The molecule has 18 heavy (non-hydrogen) atoms. The van der Waals surface area contributed by atoms with Crippen LogP contribution in [0.4, 0.5) is 5.69 Å². The number of nitrogens with one attached hydrogen (secondary N) is 1. The summed E-state index contributed by atoms with van der Waals surface area (Å²) in [5, 5.41) is 13.6. The van der Waals surface area contributed by atoms with Crippen molar-refractivity contribution >= 4 is 27.5 Å². The van der Waals surface area contributed by atoms with Gasteiger partial charge in [0.2, 0.25) is 0 Å². The van der Waals surface area contributed by atoms with Crippen LogP contribution in [0.2, 0.25) is 0 Å². The minimum absolute atomic E-state index is 0.0784. The van der Waals surface area contributed by atoms with Gasteiger partial charge < -0.3 is 5.32 Å². The molecule has 6 heteroatoms. The van der Waals surface area contributed by atoms with Crippen molar-refractivity contribution in [1.82, 2.24) is 5.32 Å². The summed E-state index contributed by atoms with van der Waals surface area (Å²) in [5.41, 5.74) is 0.231. The Balaban J connectivity index is 2.13. The first-order valence-electron chi connectivity index (χ1n) is 5.72. The number of carbonyl (C=O) groups is 1. The molecule has 0 aromatic heterocycles. The lowest BCUT2D eigenvalue weighted by atomic mass is 9.82. The van der Waals surface area contributed by atoms with E-state index in [2.05, 4.69) is 28.2 Å². The van der Waals surface area contributed by atoms with Crippen LogP contribution in [0.1, 0.15) is 30.1 Å². The lowest BCUT2D eigenvalue weighted by molar-refractivity contribution is -0.384. The van der Waals surface area contributed by atoms with E-state index in [0.717, 1.165) is 12.8 Å². The molecule has 5 nitrogen and oxygen atoms in total. The predicted octanol–water partition coefficient (Wildman–Crippen LogP) is 2.89. The third-order valence-electron chi connectivity index (χ3n) is 3.11. The van der Waals surface area contributed by atoms with Gasteiger partial charge >= 0.3 is 0 Å². The Morgan fingerprint density at radius 3 is 2.72 bits per heavy atom. The maximum absolute atomic E-state index is 12.0. The zero-order valence-electron chi connectivity index (χ0n) is 9.85. The summed E-state index contributed by atoms with van der Waals surface area (Å²) in [6, 6.07) is 4.38. The number of hydrogen-bond donors (Lipinski definition) is 1. The molecule has 1 amide bonds. The number of rotatable bonds is 3. The Labute approximate surface area is 113 Å². The maximum atomic E-state index is 12.0. The number of nitro benzene ring substituents is 1. The molecule has 1 saturated carbocycles. The van der Waals surface area contributed by atoms with Crippen LogP contribution in [0.5, 0.6) is 0 Å². The van der Waals surface area contributed by atoms with Gasteiger partial charge in [-0.15, -0.1) is 0 Å². The summed E-state index contributed by atoms with van der Waals surface area (Å²) < 4.78 is 0.568. The van der Waals surface area contributed by atoms with Crippen molar-refractivity contribution in [2.75, 3.05) is 0 Å². The fraction of sp³-hybridized carbons (Fsp3) is 0.417. The molecule has 1 aromatic carbocycles. The largest absolute Gasteiger partial charge is 0.349 e. The number of amides is 1. The molecule has 0 atom stereocenters. The number of halogens is 1. The fourth-order valence-electron chi connectivity index (χ4n) is 2.08.